The fraction of sp³-hybridized carbons (Fsp3) is 0.381. The number of halogens is 1. The predicted octanol–water partition coefficient (Wildman–Crippen LogP) is 2.66. The number of hydrogen-bond acceptors (Lipinski definition) is 6. The van der Waals surface area contributed by atoms with E-state index in [2.05, 4.69) is 53.7 Å². The topological polar surface area (TPSA) is 105 Å². The summed E-state index contributed by atoms with van der Waals surface area (Å²) in [6.07, 6.45) is 5.65. The second-order valence-corrected chi connectivity index (χ2v) is 8.63. The van der Waals surface area contributed by atoms with E-state index >= 15 is 0 Å². The van der Waals surface area contributed by atoms with Crippen molar-refractivity contribution in [3.8, 4) is 0 Å². The Balaban J connectivity index is 1.43. The molecule has 4 heterocycles. The summed E-state index contributed by atoms with van der Waals surface area (Å²) in [5, 5.41) is 13.7. The maximum absolute atomic E-state index is 12.8. The second-order valence-electron chi connectivity index (χ2n) is 7.71. The summed E-state index contributed by atoms with van der Waals surface area (Å²) in [5.74, 6) is -0.628. The summed E-state index contributed by atoms with van der Waals surface area (Å²) in [4.78, 5) is 32.0. The van der Waals surface area contributed by atoms with Gasteiger partial charge in [0.15, 0.2) is 5.69 Å². The number of anilines is 1. The molecule has 1 saturated heterocycles. The molecule has 2 amide bonds. The highest BCUT2D eigenvalue weighted by Gasteiger charge is 2.20. The van der Waals surface area contributed by atoms with Crippen molar-refractivity contribution < 1.29 is 9.59 Å². The number of aryl methyl sites for hydroxylation is 1. The van der Waals surface area contributed by atoms with Crippen molar-refractivity contribution in [1.29, 1.82) is 0 Å². The Kier molecular flexibility index (Phi) is 6.28. The zero-order valence-electron chi connectivity index (χ0n) is 17.4. The van der Waals surface area contributed by atoms with E-state index < -0.39 is 5.91 Å². The van der Waals surface area contributed by atoms with Gasteiger partial charge in [0.2, 0.25) is 0 Å². The standard InChI is InChI=1S/C21H24BrN7O2/c1-13-4-3-8-28(13)9-7-23-20(30)15-10-17(14(2)24-11-15)25-21(31)19-18-6-5-16(22)12-29(18)27-26-19/h5-6,10-13H,3-4,7-9H2,1-2H3,(H,23,30)(H,25,31)/t13-/m1/s1. The van der Waals surface area contributed by atoms with Crippen molar-refractivity contribution in [2.45, 2.75) is 32.7 Å². The van der Waals surface area contributed by atoms with Crippen LogP contribution in [-0.4, -0.2) is 62.2 Å². The van der Waals surface area contributed by atoms with E-state index in [4.69, 9.17) is 0 Å². The quantitative estimate of drug-likeness (QED) is 0.555. The lowest BCUT2D eigenvalue weighted by Crippen LogP contribution is -2.36. The highest BCUT2D eigenvalue weighted by Crippen LogP contribution is 2.18. The lowest BCUT2D eigenvalue weighted by atomic mass is 10.2. The highest BCUT2D eigenvalue weighted by atomic mass is 79.9. The molecule has 3 aromatic heterocycles. The van der Waals surface area contributed by atoms with Crippen molar-refractivity contribution in [3.63, 3.8) is 0 Å². The molecule has 0 radical (unpaired) electrons. The van der Waals surface area contributed by atoms with E-state index in [0.717, 1.165) is 17.6 Å². The lowest BCUT2D eigenvalue weighted by Gasteiger charge is -2.20. The van der Waals surface area contributed by atoms with Crippen molar-refractivity contribution in [2.75, 3.05) is 25.0 Å². The monoisotopic (exact) mass is 485 g/mol. The average Bonchev–Trinajstić information content (AvgIpc) is 3.35. The zero-order chi connectivity index (χ0) is 22.0. The molecule has 0 unspecified atom stereocenters. The van der Waals surface area contributed by atoms with E-state index in [9.17, 15) is 9.59 Å². The fourth-order valence-electron chi connectivity index (χ4n) is 3.74. The molecule has 0 aromatic carbocycles. The van der Waals surface area contributed by atoms with Crippen molar-refractivity contribution >= 4 is 38.9 Å². The minimum absolute atomic E-state index is 0.196. The zero-order valence-corrected chi connectivity index (χ0v) is 19.0. The van der Waals surface area contributed by atoms with Crippen LogP contribution in [0.15, 0.2) is 35.1 Å². The molecule has 0 saturated carbocycles. The number of nitrogens with zero attached hydrogens (tertiary/aromatic N) is 5. The Labute approximate surface area is 188 Å². The van der Waals surface area contributed by atoms with Gasteiger partial charge in [0.1, 0.15) is 0 Å². The van der Waals surface area contributed by atoms with Gasteiger partial charge >= 0.3 is 0 Å². The lowest BCUT2D eigenvalue weighted by molar-refractivity contribution is 0.0946. The van der Waals surface area contributed by atoms with Gasteiger partial charge in [-0.15, -0.1) is 5.10 Å². The van der Waals surface area contributed by atoms with E-state index in [1.165, 1.54) is 23.6 Å². The molecular formula is C21H24BrN7O2. The first kappa shape index (κ1) is 21.4. The predicted molar refractivity (Wildman–Crippen MR) is 120 cm³/mol. The number of aromatic nitrogens is 4. The summed E-state index contributed by atoms with van der Waals surface area (Å²) in [7, 11) is 0. The largest absolute Gasteiger partial charge is 0.351 e. The third kappa shape index (κ3) is 4.75. The van der Waals surface area contributed by atoms with Crippen LogP contribution in [0, 0.1) is 6.92 Å². The molecule has 1 atom stereocenters. The molecule has 10 heteroatoms. The number of nitrogens with one attached hydrogen (secondary N) is 2. The number of pyridine rings is 2. The Morgan fingerprint density at radius 1 is 1.29 bits per heavy atom. The van der Waals surface area contributed by atoms with E-state index in [1.54, 1.807) is 25.3 Å². The molecule has 162 valence electrons. The first-order valence-corrected chi connectivity index (χ1v) is 11.0. The smallest absolute Gasteiger partial charge is 0.278 e. The molecule has 4 rings (SSSR count). The third-order valence-corrected chi connectivity index (χ3v) is 6.03. The number of carbonyl (C=O) groups excluding carboxylic acids is 2. The maximum atomic E-state index is 12.8. The first-order chi connectivity index (χ1) is 14.9. The Bertz CT molecular complexity index is 1130. The molecule has 0 spiro atoms. The molecule has 1 fully saturated rings. The van der Waals surface area contributed by atoms with Gasteiger partial charge in [-0.2, -0.15) is 0 Å². The Morgan fingerprint density at radius 3 is 2.90 bits per heavy atom. The molecule has 1 aliphatic heterocycles. The van der Waals surface area contributed by atoms with Gasteiger partial charge in [-0.05, 0) is 67.4 Å². The summed E-state index contributed by atoms with van der Waals surface area (Å²) in [6.45, 7) is 6.46. The number of amides is 2. The molecule has 2 N–H and O–H groups in total. The molecule has 1 aliphatic rings. The summed E-state index contributed by atoms with van der Waals surface area (Å²) in [6, 6.07) is 5.77. The summed E-state index contributed by atoms with van der Waals surface area (Å²) >= 11 is 3.37. The van der Waals surface area contributed by atoms with E-state index in [0.29, 0.717) is 35.0 Å². The maximum Gasteiger partial charge on any atom is 0.278 e. The SMILES string of the molecule is Cc1ncc(C(=O)NCCN2CCC[C@H]2C)cc1NC(=O)c1nnn2cc(Br)ccc12. The third-order valence-electron chi connectivity index (χ3n) is 5.56. The number of carbonyl (C=O) groups is 2. The van der Waals surface area contributed by atoms with Crippen molar-refractivity contribution in [1.82, 2.24) is 30.0 Å². The van der Waals surface area contributed by atoms with Gasteiger partial charge in [-0.3, -0.25) is 19.5 Å². The first-order valence-electron chi connectivity index (χ1n) is 10.2. The van der Waals surface area contributed by atoms with Gasteiger partial charge in [0.05, 0.1) is 22.5 Å². The van der Waals surface area contributed by atoms with E-state index in [-0.39, 0.29) is 11.6 Å². The average molecular weight is 486 g/mol. The van der Waals surface area contributed by atoms with Gasteiger partial charge in [-0.25, -0.2) is 4.52 Å². The highest BCUT2D eigenvalue weighted by molar-refractivity contribution is 9.10. The van der Waals surface area contributed by atoms with Crippen LogP contribution < -0.4 is 10.6 Å². The molecule has 9 nitrogen and oxygen atoms in total. The second kappa shape index (κ2) is 9.11. The minimum atomic E-state index is -0.414. The van der Waals surface area contributed by atoms with Crippen LogP contribution in [0.1, 0.15) is 46.3 Å². The summed E-state index contributed by atoms with van der Waals surface area (Å²) < 4.78 is 2.35. The van der Waals surface area contributed by atoms with Crippen molar-refractivity contribution in [3.05, 3.63) is 52.0 Å². The minimum Gasteiger partial charge on any atom is -0.351 e. The molecule has 31 heavy (non-hydrogen) atoms. The molecule has 0 aliphatic carbocycles. The van der Waals surface area contributed by atoms with Gasteiger partial charge < -0.3 is 10.6 Å². The number of fused-ring (bicyclic) bond motifs is 1. The normalized spacial score (nSPS) is 16.5. The fourth-order valence-corrected chi connectivity index (χ4v) is 4.06. The molecule has 0 bridgehead atoms. The van der Waals surface area contributed by atoms with Crippen LogP contribution in [0.4, 0.5) is 5.69 Å². The molecular weight excluding hydrogens is 462 g/mol. The Morgan fingerprint density at radius 2 is 2.13 bits per heavy atom. The van der Waals surface area contributed by atoms with Crippen LogP contribution >= 0.6 is 15.9 Å². The number of likely N-dealkylation sites (tertiary alicyclic amines) is 1. The van der Waals surface area contributed by atoms with Crippen LogP contribution in [0.25, 0.3) is 5.52 Å². The molecule has 3 aromatic rings. The van der Waals surface area contributed by atoms with Crippen molar-refractivity contribution in [2.24, 2.45) is 0 Å². The van der Waals surface area contributed by atoms with Gasteiger partial charge in [0.25, 0.3) is 11.8 Å². The van der Waals surface area contributed by atoms with Gasteiger partial charge in [-0.1, -0.05) is 5.21 Å². The Hall–Kier alpha value is -2.85. The number of rotatable bonds is 6. The van der Waals surface area contributed by atoms with E-state index in [1.807, 2.05) is 6.07 Å². The van der Waals surface area contributed by atoms with Crippen LogP contribution in [-0.2, 0) is 0 Å². The van der Waals surface area contributed by atoms with Crippen LogP contribution in [0.5, 0.6) is 0 Å². The summed E-state index contributed by atoms with van der Waals surface area (Å²) in [5.41, 5.74) is 2.24. The number of hydrogen-bond donors (Lipinski definition) is 2. The van der Waals surface area contributed by atoms with Crippen LogP contribution in [0.3, 0.4) is 0 Å². The van der Waals surface area contributed by atoms with Gasteiger partial charge in [0, 0.05) is 36.0 Å². The van der Waals surface area contributed by atoms with Crippen LogP contribution in [0.2, 0.25) is 0 Å².